The van der Waals surface area contributed by atoms with E-state index in [0.29, 0.717) is 24.1 Å². The third-order valence-corrected chi connectivity index (χ3v) is 8.88. The first-order valence-corrected chi connectivity index (χ1v) is 14.3. The number of amides is 3. The van der Waals surface area contributed by atoms with E-state index < -0.39 is 29.2 Å². The van der Waals surface area contributed by atoms with Crippen LogP contribution in [0.1, 0.15) is 37.8 Å². The fourth-order valence-corrected chi connectivity index (χ4v) is 6.81. The highest BCUT2D eigenvalue weighted by Crippen LogP contribution is 2.41. The van der Waals surface area contributed by atoms with Gasteiger partial charge in [0.05, 0.1) is 6.54 Å². The van der Waals surface area contributed by atoms with Crippen molar-refractivity contribution < 1.29 is 29.1 Å². The maximum absolute atomic E-state index is 13.2. The molecule has 0 radical (unpaired) electrons. The minimum absolute atomic E-state index is 0.0975. The van der Waals surface area contributed by atoms with Crippen LogP contribution in [-0.4, -0.2) is 85.7 Å². The number of nitrogens with zero attached hydrogens (tertiary/aromatic N) is 4. The molecule has 5 rings (SSSR count). The molecule has 4 aliphatic rings. The van der Waals surface area contributed by atoms with Crippen molar-refractivity contribution in [3.63, 3.8) is 0 Å². The quantitative estimate of drug-likeness (QED) is 0.135. The molecule has 14 heteroatoms. The molecule has 4 heterocycles. The number of hydrogen-bond donors (Lipinski definition) is 3. The van der Waals surface area contributed by atoms with Crippen molar-refractivity contribution in [3.8, 4) is 12.3 Å². The number of terminal acetylenes is 1. The molecule has 2 saturated heterocycles. The first kappa shape index (κ1) is 26.8. The number of carbonyl (C=O) groups is 4. The lowest BCUT2D eigenvalue weighted by Crippen LogP contribution is -2.71. The minimum atomic E-state index is -1.29. The number of nitrogens with two attached hydrogens (primary N) is 1. The van der Waals surface area contributed by atoms with E-state index in [1.54, 1.807) is 11.5 Å². The van der Waals surface area contributed by atoms with Crippen LogP contribution >= 0.6 is 23.1 Å². The predicted octanol–water partition coefficient (Wildman–Crippen LogP) is 0.919. The zero-order valence-electron chi connectivity index (χ0n) is 20.8. The highest BCUT2D eigenvalue weighted by Gasteiger charge is 2.54. The normalized spacial score (nSPS) is 24.6. The topological polar surface area (TPSA) is 168 Å². The molecule has 0 spiro atoms. The number of nitrogens with one attached hydrogen (secondary N) is 1. The van der Waals surface area contributed by atoms with E-state index in [-0.39, 0.29) is 46.5 Å². The van der Waals surface area contributed by atoms with Gasteiger partial charge in [0, 0.05) is 23.3 Å². The van der Waals surface area contributed by atoms with Gasteiger partial charge in [-0.05, 0) is 43.8 Å². The van der Waals surface area contributed by atoms with Crippen molar-refractivity contribution in [3.05, 3.63) is 34.0 Å². The number of carbonyl (C=O) groups excluding carboxylic acids is 3. The highest BCUT2D eigenvalue weighted by molar-refractivity contribution is 8.00. The zero-order chi connectivity index (χ0) is 27.7. The monoisotopic (exact) mass is 570 g/mol. The SMILES string of the molecule is C#CCN1CCC(=CC2=C(C(=O)O)N3C(=O)[C@@H](NC(=O)C(=NOC4CCCC4)c4csc(N)n4)[C@H]3SC2)C1=O. The molecule has 1 saturated carbocycles. The molecule has 2 atom stereocenters. The minimum Gasteiger partial charge on any atom is -0.477 e. The second kappa shape index (κ2) is 11.1. The standard InChI is InChI=1S/C25H26N6O6S2/c1-2-8-30-9-7-13(21(30)33)10-14-11-38-23-18(22(34)31(23)19(14)24(35)36)28-20(32)17(16-12-39-25(26)27-16)29-37-15-5-3-4-6-15/h1,10,12,15,18,23H,3-9,11H2,(H2,26,27)(H,28,32)(H,35,36)/t18-,23-/m1/s1. The van der Waals surface area contributed by atoms with Crippen LogP contribution in [0.2, 0.25) is 0 Å². The predicted molar refractivity (Wildman–Crippen MR) is 144 cm³/mol. The average Bonchev–Trinajstić information content (AvgIpc) is 3.66. The van der Waals surface area contributed by atoms with Gasteiger partial charge in [0.1, 0.15) is 28.9 Å². The van der Waals surface area contributed by atoms with Crippen LogP contribution in [-0.2, 0) is 24.0 Å². The number of allylic oxidation sites excluding steroid dienone is 1. The third kappa shape index (κ3) is 5.24. The summed E-state index contributed by atoms with van der Waals surface area (Å²) in [5.41, 5.74) is 6.48. The molecule has 0 bridgehead atoms. The van der Waals surface area contributed by atoms with Crippen molar-refractivity contribution in [1.82, 2.24) is 20.1 Å². The number of carboxylic acids is 1. The van der Waals surface area contributed by atoms with Crippen LogP contribution in [0, 0.1) is 12.3 Å². The number of thiazole rings is 1. The molecule has 0 aromatic carbocycles. The van der Waals surface area contributed by atoms with Crippen LogP contribution in [0.25, 0.3) is 0 Å². The molecule has 12 nitrogen and oxygen atoms in total. The Morgan fingerprint density at radius 2 is 2.13 bits per heavy atom. The summed E-state index contributed by atoms with van der Waals surface area (Å²) in [7, 11) is 0. The molecule has 3 aliphatic heterocycles. The van der Waals surface area contributed by atoms with Gasteiger partial charge in [0.15, 0.2) is 10.8 Å². The molecule has 3 amide bonds. The maximum Gasteiger partial charge on any atom is 0.352 e. The van der Waals surface area contributed by atoms with Gasteiger partial charge in [-0.1, -0.05) is 11.1 Å². The summed E-state index contributed by atoms with van der Waals surface area (Å²) in [6.07, 6.45) is 10.9. The van der Waals surface area contributed by atoms with Crippen molar-refractivity contribution in [2.75, 3.05) is 24.6 Å². The molecule has 204 valence electrons. The molecule has 3 fully saturated rings. The molecule has 0 unspecified atom stereocenters. The fourth-order valence-electron chi connectivity index (χ4n) is 4.96. The summed E-state index contributed by atoms with van der Waals surface area (Å²) in [6, 6.07) is -0.974. The van der Waals surface area contributed by atoms with E-state index in [0.717, 1.165) is 41.9 Å². The van der Waals surface area contributed by atoms with Crippen LogP contribution in [0.15, 0.2) is 33.5 Å². The maximum atomic E-state index is 13.2. The van der Waals surface area contributed by atoms with E-state index in [1.165, 1.54) is 16.7 Å². The van der Waals surface area contributed by atoms with E-state index >= 15 is 0 Å². The number of β-lactam (4-membered cyclic amide) rings is 1. The second-order valence-corrected chi connectivity index (χ2v) is 11.4. The summed E-state index contributed by atoms with van der Waals surface area (Å²) in [5, 5.41) is 17.9. The van der Waals surface area contributed by atoms with Gasteiger partial charge in [-0.15, -0.1) is 29.5 Å². The summed E-state index contributed by atoms with van der Waals surface area (Å²) in [5.74, 6) is -0.105. The Labute approximate surface area is 232 Å². The number of anilines is 1. The van der Waals surface area contributed by atoms with Crippen LogP contribution in [0.5, 0.6) is 0 Å². The van der Waals surface area contributed by atoms with Gasteiger partial charge in [0.25, 0.3) is 17.7 Å². The van der Waals surface area contributed by atoms with Gasteiger partial charge in [-0.2, -0.15) is 0 Å². The van der Waals surface area contributed by atoms with Gasteiger partial charge < -0.3 is 25.9 Å². The first-order valence-electron chi connectivity index (χ1n) is 12.4. The third-order valence-electron chi connectivity index (χ3n) is 6.91. The Balaban J connectivity index is 1.34. The van der Waals surface area contributed by atoms with E-state index in [1.807, 2.05) is 0 Å². The molecule has 1 aliphatic carbocycles. The molecule has 1 aromatic heterocycles. The fraction of sp³-hybridized carbons (Fsp3) is 0.440. The van der Waals surface area contributed by atoms with E-state index in [2.05, 4.69) is 21.4 Å². The first-order chi connectivity index (χ1) is 18.8. The number of oxime groups is 1. The Hall–Kier alpha value is -3.83. The lowest BCUT2D eigenvalue weighted by Gasteiger charge is -2.49. The number of rotatable bonds is 8. The number of carboxylic acid groups (broad SMARTS) is 1. The molecule has 1 aromatic rings. The second-order valence-electron chi connectivity index (χ2n) is 9.41. The summed E-state index contributed by atoms with van der Waals surface area (Å²) >= 11 is 2.44. The number of fused-ring (bicyclic) bond motifs is 1. The van der Waals surface area contributed by atoms with Gasteiger partial charge >= 0.3 is 5.97 Å². The number of thioether (sulfide) groups is 1. The number of nitrogen functional groups attached to an aromatic ring is 1. The van der Waals surface area contributed by atoms with Crippen molar-refractivity contribution >= 4 is 57.6 Å². The Morgan fingerprint density at radius 3 is 2.79 bits per heavy atom. The number of aromatic nitrogens is 1. The number of aliphatic carboxylic acids is 1. The molecule has 39 heavy (non-hydrogen) atoms. The van der Waals surface area contributed by atoms with Gasteiger partial charge in [-0.3, -0.25) is 19.3 Å². The lowest BCUT2D eigenvalue weighted by molar-refractivity contribution is -0.150. The van der Waals surface area contributed by atoms with Crippen LogP contribution in [0.4, 0.5) is 5.13 Å². The molecular formula is C25H26N6O6S2. The average molecular weight is 571 g/mol. The van der Waals surface area contributed by atoms with Crippen molar-refractivity contribution in [2.45, 2.75) is 49.6 Å². The zero-order valence-corrected chi connectivity index (χ0v) is 22.4. The number of likely N-dealkylation sites (tertiary alicyclic amines) is 1. The summed E-state index contributed by atoms with van der Waals surface area (Å²) in [4.78, 5) is 63.6. The van der Waals surface area contributed by atoms with Gasteiger partial charge in [-0.25, -0.2) is 9.78 Å². The summed E-state index contributed by atoms with van der Waals surface area (Å²) in [6.45, 7) is 0.629. The summed E-state index contributed by atoms with van der Waals surface area (Å²) < 4.78 is 0. The van der Waals surface area contributed by atoms with Crippen LogP contribution < -0.4 is 11.1 Å². The van der Waals surface area contributed by atoms with Crippen molar-refractivity contribution in [1.29, 1.82) is 0 Å². The van der Waals surface area contributed by atoms with Crippen molar-refractivity contribution in [2.24, 2.45) is 5.16 Å². The van der Waals surface area contributed by atoms with Crippen LogP contribution in [0.3, 0.4) is 0 Å². The molecular weight excluding hydrogens is 544 g/mol. The van der Waals surface area contributed by atoms with E-state index in [4.69, 9.17) is 17.0 Å². The van der Waals surface area contributed by atoms with Gasteiger partial charge in [0.2, 0.25) is 0 Å². The Kier molecular flexibility index (Phi) is 7.62. The lowest BCUT2D eigenvalue weighted by atomic mass is 10.0. The smallest absolute Gasteiger partial charge is 0.352 e. The molecule has 4 N–H and O–H groups in total. The van der Waals surface area contributed by atoms with E-state index in [9.17, 15) is 24.3 Å². The largest absolute Gasteiger partial charge is 0.477 e. The Morgan fingerprint density at radius 1 is 1.36 bits per heavy atom. The highest BCUT2D eigenvalue weighted by atomic mass is 32.2. The Bertz CT molecular complexity index is 1350. The number of hydrogen-bond acceptors (Lipinski definition) is 10.